The predicted octanol–water partition coefficient (Wildman–Crippen LogP) is 8.05. The highest BCUT2D eigenvalue weighted by Crippen LogP contribution is 2.28. The molecule has 3 aliphatic rings. The minimum Gasteiger partial charge on any atom is -0.463 e. The third-order valence-corrected chi connectivity index (χ3v) is 25.1. The van der Waals surface area contributed by atoms with Gasteiger partial charge in [0.05, 0.1) is 59.3 Å². The maximum absolute atomic E-state index is 15.0. The van der Waals surface area contributed by atoms with E-state index in [0.717, 1.165) is 32.1 Å². The van der Waals surface area contributed by atoms with Crippen molar-refractivity contribution in [3.63, 3.8) is 0 Å². The number of ether oxygens (including phenoxy) is 11. The van der Waals surface area contributed by atoms with Gasteiger partial charge < -0.3 is 140 Å². The SMILES string of the molecule is CCCCCCCCCCCCCCCCCCCCOCC(COC(=O)CCOCCOCCC(=O)NC(CCCCNC(=O)CCCCOC1OC(CO)C(O)C(O)C1NC(C)=O)C(=O)N(CCNC(=O)CCCCOC1OC(CO)C(O)C(O)C1NC(C)=O)CCNC(=O)CCCCOC1OC(CO)C(O)C(O)C1NC(C)=O)OCCCCCCCCCCCCCCCCCCCC. The van der Waals surface area contributed by atoms with E-state index in [1.165, 1.54) is 225 Å². The maximum Gasteiger partial charge on any atom is 0.308 e. The number of amides is 8. The van der Waals surface area contributed by atoms with Gasteiger partial charge in [-0.2, -0.15) is 0 Å². The molecule has 3 fully saturated rings. The zero-order valence-electron chi connectivity index (χ0n) is 84.2. The summed E-state index contributed by atoms with van der Waals surface area (Å²) < 4.78 is 64.0. The number of rotatable bonds is 89. The summed E-state index contributed by atoms with van der Waals surface area (Å²) >= 11 is 0. The van der Waals surface area contributed by atoms with E-state index in [1.807, 2.05) is 0 Å². The van der Waals surface area contributed by atoms with Gasteiger partial charge in [0.1, 0.15) is 91.8 Å². The van der Waals surface area contributed by atoms with Gasteiger partial charge >= 0.3 is 5.97 Å². The van der Waals surface area contributed by atoms with E-state index < -0.39 is 171 Å². The van der Waals surface area contributed by atoms with Crippen LogP contribution in [0, 0.1) is 0 Å². The molecule has 16 N–H and O–H groups in total. The quantitative estimate of drug-likeness (QED) is 0.0202. The molecule has 0 bridgehead atoms. The first-order valence-corrected chi connectivity index (χ1v) is 52.8. The molecule has 37 nitrogen and oxygen atoms in total. The van der Waals surface area contributed by atoms with Crippen molar-refractivity contribution in [2.24, 2.45) is 0 Å². The summed E-state index contributed by atoms with van der Waals surface area (Å²) in [7, 11) is 0. The van der Waals surface area contributed by atoms with Crippen molar-refractivity contribution in [1.29, 1.82) is 0 Å². The normalized spacial score (nSPS) is 22.0. The number of aliphatic hydroxyl groups is 9. The fraction of sp³-hybridized carbons (Fsp3) is 0.910. The lowest BCUT2D eigenvalue weighted by Crippen LogP contribution is -2.64. The Morgan fingerprint density at radius 3 is 0.985 bits per heavy atom. The molecule has 137 heavy (non-hydrogen) atoms. The van der Waals surface area contributed by atoms with Crippen LogP contribution in [0.15, 0.2) is 0 Å². The Morgan fingerprint density at radius 1 is 0.321 bits per heavy atom. The van der Waals surface area contributed by atoms with Crippen LogP contribution in [0.3, 0.4) is 0 Å². The fourth-order valence-corrected chi connectivity index (χ4v) is 16.9. The lowest BCUT2D eigenvalue weighted by atomic mass is 9.97. The molecule has 17 atom stereocenters. The average Bonchev–Trinajstić information content (AvgIpc) is 0.816. The van der Waals surface area contributed by atoms with Gasteiger partial charge in [-0.1, -0.05) is 232 Å². The van der Waals surface area contributed by atoms with Crippen molar-refractivity contribution in [1.82, 2.24) is 42.1 Å². The molecule has 3 rings (SSSR count). The van der Waals surface area contributed by atoms with Crippen molar-refractivity contribution in [2.45, 2.75) is 460 Å². The van der Waals surface area contributed by atoms with Crippen LogP contribution in [0.25, 0.3) is 0 Å². The molecule has 17 unspecified atom stereocenters. The number of nitrogens with one attached hydrogen (secondary N) is 7. The van der Waals surface area contributed by atoms with E-state index in [1.54, 1.807) is 0 Å². The van der Waals surface area contributed by atoms with Gasteiger partial charge in [-0.05, 0) is 70.6 Å². The highest BCUT2D eigenvalue weighted by molar-refractivity contribution is 5.88. The van der Waals surface area contributed by atoms with Crippen LogP contribution < -0.4 is 37.2 Å². The molecule has 0 aromatic rings. The second-order valence-corrected chi connectivity index (χ2v) is 37.3. The molecule has 0 aromatic heterocycles. The molecule has 37 heteroatoms. The Kier molecular flexibility index (Phi) is 76.0. The third-order valence-electron chi connectivity index (χ3n) is 25.1. The number of aliphatic hydroxyl groups excluding tert-OH is 9. The second-order valence-electron chi connectivity index (χ2n) is 37.3. The zero-order valence-corrected chi connectivity index (χ0v) is 84.2. The van der Waals surface area contributed by atoms with Gasteiger partial charge in [-0.3, -0.25) is 43.2 Å². The topological polar surface area (TPSA) is 525 Å². The molecule has 3 heterocycles. The molecule has 0 aromatic carbocycles. The summed E-state index contributed by atoms with van der Waals surface area (Å²) in [6.07, 6.45) is 32.6. The van der Waals surface area contributed by atoms with Gasteiger partial charge in [-0.15, -0.1) is 0 Å². The van der Waals surface area contributed by atoms with Crippen molar-refractivity contribution in [3.8, 4) is 0 Å². The van der Waals surface area contributed by atoms with Gasteiger partial charge in [-0.25, -0.2) is 0 Å². The van der Waals surface area contributed by atoms with Crippen molar-refractivity contribution in [3.05, 3.63) is 0 Å². The van der Waals surface area contributed by atoms with E-state index >= 15 is 0 Å². The molecule has 0 radical (unpaired) electrons. The van der Waals surface area contributed by atoms with Gasteiger partial charge in [0.15, 0.2) is 18.9 Å². The van der Waals surface area contributed by atoms with E-state index in [-0.39, 0.29) is 143 Å². The van der Waals surface area contributed by atoms with Crippen LogP contribution in [0.4, 0.5) is 0 Å². The minimum atomic E-state index is -1.52. The molecule has 8 amide bonds. The molecule has 0 saturated carbocycles. The summed E-state index contributed by atoms with van der Waals surface area (Å²) in [5.41, 5.74) is 0. The number of esters is 1. The summed E-state index contributed by atoms with van der Waals surface area (Å²) in [4.78, 5) is 119. The highest BCUT2D eigenvalue weighted by Gasteiger charge is 2.48. The number of nitrogens with zero attached hydrogens (tertiary/aromatic N) is 1. The third kappa shape index (κ3) is 61.3. The summed E-state index contributed by atoms with van der Waals surface area (Å²) in [6, 6.07) is -4.61. The zero-order chi connectivity index (χ0) is 100. The Bertz CT molecular complexity index is 3000. The van der Waals surface area contributed by atoms with Crippen LogP contribution in [-0.4, -0.2) is 333 Å². The number of hydrogen-bond acceptors (Lipinski definition) is 29. The van der Waals surface area contributed by atoms with Crippen LogP contribution >= 0.6 is 0 Å². The second kappa shape index (κ2) is 82.9. The molecular weight excluding hydrogens is 1780 g/mol. The first kappa shape index (κ1) is 126. The largest absolute Gasteiger partial charge is 0.463 e. The van der Waals surface area contributed by atoms with Crippen LogP contribution in [0.2, 0.25) is 0 Å². The van der Waals surface area contributed by atoms with Gasteiger partial charge in [0.2, 0.25) is 47.3 Å². The summed E-state index contributed by atoms with van der Waals surface area (Å²) in [5.74, 6) is -4.18. The van der Waals surface area contributed by atoms with E-state index in [9.17, 15) is 89.1 Å². The Balaban J connectivity index is 1.63. The van der Waals surface area contributed by atoms with Crippen molar-refractivity contribution < 1.29 is 141 Å². The summed E-state index contributed by atoms with van der Waals surface area (Å²) in [6.45, 7) is 7.88. The molecule has 0 spiro atoms. The van der Waals surface area contributed by atoms with Crippen molar-refractivity contribution in [2.75, 3.05) is 125 Å². The first-order valence-electron chi connectivity index (χ1n) is 52.8. The monoisotopic (exact) mass is 1960 g/mol. The highest BCUT2D eigenvalue weighted by atomic mass is 16.7. The summed E-state index contributed by atoms with van der Waals surface area (Å²) in [5, 5.41) is 111. The van der Waals surface area contributed by atoms with E-state index in [0.29, 0.717) is 58.3 Å². The lowest BCUT2D eigenvalue weighted by molar-refractivity contribution is -0.270. The van der Waals surface area contributed by atoms with E-state index in [4.69, 9.17) is 52.1 Å². The van der Waals surface area contributed by atoms with Crippen molar-refractivity contribution >= 4 is 53.2 Å². The van der Waals surface area contributed by atoms with Crippen LogP contribution in [-0.2, 0) is 95.3 Å². The predicted molar refractivity (Wildman–Crippen MR) is 517 cm³/mol. The smallest absolute Gasteiger partial charge is 0.308 e. The molecular formula is C100H186N8O29. The van der Waals surface area contributed by atoms with Crippen LogP contribution in [0.5, 0.6) is 0 Å². The minimum absolute atomic E-state index is 0.00152. The molecule has 3 aliphatic heterocycles. The standard InChI is InChI=1S/C100H186N8O29/c1-6-8-10-12-14-16-18-20-22-24-26-28-30-32-34-36-38-45-61-129-73-78(130-62-46-39-37-35-33-31-29-27-25-23-21-19-17-15-13-11-9-7-2)74-134-87(119)55-67-128-69-68-127-66-54-86(118)107-79(50-40-44-56-101-83(115)51-41-47-63-131-98-88(104-75(3)112)94(123)91(120)80(70-109)135-98)97(126)108(59-57-102-84(116)52-42-48-64-132-99-89(105-76(4)113)95(124)92(121)81(71-110)136-99)60-58-103-85(117)53-43-49-65-133-100-90(106-77(5)114)96(125)93(122)82(72-111)137-100/h78-82,88-96,98-100,109-111,120-125H,6-74H2,1-5H3,(H,101,115)(H,102,116)(H,103,117)(H,104,112)(H,105,113)(H,106,114)(H,107,118). The molecule has 800 valence electrons. The number of carbonyl (C=O) groups is 9. The fourth-order valence-electron chi connectivity index (χ4n) is 16.9. The number of unbranched alkanes of at least 4 members (excludes halogenated alkanes) is 38. The van der Waals surface area contributed by atoms with E-state index in [2.05, 4.69) is 51.1 Å². The Hall–Kier alpha value is -5.53. The lowest BCUT2D eigenvalue weighted by Gasteiger charge is -2.42. The Labute approximate surface area is 817 Å². The number of carbonyl (C=O) groups excluding carboxylic acids is 9. The first-order chi connectivity index (χ1) is 66.4. The number of hydrogen-bond donors (Lipinski definition) is 16. The maximum atomic E-state index is 15.0. The molecule has 3 saturated heterocycles. The van der Waals surface area contributed by atoms with Gasteiger partial charge in [0, 0.05) is 112 Å². The van der Waals surface area contributed by atoms with Gasteiger partial charge in [0.25, 0.3) is 0 Å². The Morgan fingerprint density at radius 2 is 0.642 bits per heavy atom. The average molecular weight is 1960 g/mol. The van der Waals surface area contributed by atoms with Crippen LogP contribution in [0.1, 0.15) is 356 Å². The molecule has 0 aliphatic carbocycles.